The first-order chi connectivity index (χ1) is 14.2. The zero-order valence-electron chi connectivity index (χ0n) is 17.4. The Morgan fingerprint density at radius 2 is 1.73 bits per heavy atom. The van der Waals surface area contributed by atoms with Gasteiger partial charge in [0.15, 0.2) is 0 Å². The van der Waals surface area contributed by atoms with E-state index >= 15 is 0 Å². The smallest absolute Gasteiger partial charge is 0.241 e. The number of nitrogens with one attached hydrogen (secondary N) is 1. The van der Waals surface area contributed by atoms with E-state index in [0.29, 0.717) is 22.8 Å². The van der Waals surface area contributed by atoms with Gasteiger partial charge in [0.25, 0.3) is 0 Å². The molecule has 162 valence electrons. The van der Waals surface area contributed by atoms with Crippen molar-refractivity contribution in [3.8, 4) is 0 Å². The number of anilines is 1. The second-order valence-corrected chi connectivity index (χ2v) is 10.1. The molecule has 1 saturated heterocycles. The van der Waals surface area contributed by atoms with E-state index in [-0.39, 0.29) is 12.5 Å². The van der Waals surface area contributed by atoms with E-state index in [4.69, 9.17) is 11.6 Å². The molecule has 0 saturated carbocycles. The van der Waals surface area contributed by atoms with Crippen molar-refractivity contribution >= 4 is 33.2 Å². The molecule has 0 bridgehead atoms. The number of aryl methyl sites for hydroxylation is 1. The third-order valence-electron chi connectivity index (χ3n) is 5.23. The summed E-state index contributed by atoms with van der Waals surface area (Å²) < 4.78 is 25.6. The van der Waals surface area contributed by atoms with Gasteiger partial charge in [-0.25, -0.2) is 8.42 Å². The average Bonchev–Trinajstić information content (AvgIpc) is 3.18. The molecule has 1 amide bonds. The van der Waals surface area contributed by atoms with Crippen molar-refractivity contribution in [2.24, 2.45) is 0 Å². The van der Waals surface area contributed by atoms with Crippen molar-refractivity contribution in [3.63, 3.8) is 0 Å². The van der Waals surface area contributed by atoms with Gasteiger partial charge in [0.1, 0.15) is 6.54 Å². The Balaban J connectivity index is 1.59. The third kappa shape index (κ3) is 6.20. The fourth-order valence-corrected chi connectivity index (χ4v) is 4.77. The molecule has 30 heavy (non-hydrogen) atoms. The number of halogens is 1. The van der Waals surface area contributed by atoms with Crippen LogP contribution >= 0.6 is 11.6 Å². The summed E-state index contributed by atoms with van der Waals surface area (Å²) in [5, 5.41) is 3.33. The van der Waals surface area contributed by atoms with Crippen LogP contribution in [0.25, 0.3) is 0 Å². The predicted octanol–water partition coefficient (Wildman–Crippen LogP) is 3.33. The van der Waals surface area contributed by atoms with Crippen molar-refractivity contribution in [2.75, 3.05) is 30.2 Å². The molecule has 0 unspecified atom stereocenters. The van der Waals surface area contributed by atoms with Gasteiger partial charge in [-0.15, -0.1) is 0 Å². The first-order valence-corrected chi connectivity index (χ1v) is 12.3. The van der Waals surface area contributed by atoms with Crippen LogP contribution in [0.15, 0.2) is 42.5 Å². The van der Waals surface area contributed by atoms with E-state index in [1.54, 1.807) is 25.1 Å². The lowest BCUT2D eigenvalue weighted by Crippen LogP contribution is -2.40. The highest BCUT2D eigenvalue weighted by atomic mass is 35.5. The second kappa shape index (κ2) is 9.81. The van der Waals surface area contributed by atoms with Crippen LogP contribution in [0.3, 0.4) is 0 Å². The molecule has 0 radical (unpaired) electrons. The van der Waals surface area contributed by atoms with E-state index in [2.05, 4.69) is 22.3 Å². The topological polar surface area (TPSA) is 69.7 Å². The number of amides is 1. The SMILES string of the molecule is Cc1cc(Cl)ccc1N(CC(=O)NCc1ccc(CN2CCCC2)cc1)S(C)(=O)=O. The van der Waals surface area contributed by atoms with Crippen LogP contribution in [0.5, 0.6) is 0 Å². The highest BCUT2D eigenvalue weighted by molar-refractivity contribution is 7.92. The quantitative estimate of drug-likeness (QED) is 0.671. The Hall–Kier alpha value is -2.09. The number of carbonyl (C=O) groups is 1. The number of nitrogens with zero attached hydrogens (tertiary/aromatic N) is 2. The Kier molecular flexibility index (Phi) is 7.39. The summed E-state index contributed by atoms with van der Waals surface area (Å²) >= 11 is 5.97. The van der Waals surface area contributed by atoms with Crippen molar-refractivity contribution in [1.82, 2.24) is 10.2 Å². The lowest BCUT2D eigenvalue weighted by Gasteiger charge is -2.23. The van der Waals surface area contributed by atoms with Crippen molar-refractivity contribution in [1.29, 1.82) is 0 Å². The molecule has 1 N–H and O–H groups in total. The molecule has 0 spiro atoms. The Labute approximate surface area is 183 Å². The average molecular weight is 450 g/mol. The molecular weight excluding hydrogens is 422 g/mol. The predicted molar refractivity (Wildman–Crippen MR) is 121 cm³/mol. The zero-order valence-corrected chi connectivity index (χ0v) is 19.0. The maximum Gasteiger partial charge on any atom is 0.241 e. The summed E-state index contributed by atoms with van der Waals surface area (Å²) in [6.45, 7) is 5.09. The fraction of sp³-hybridized carbons (Fsp3) is 0.409. The lowest BCUT2D eigenvalue weighted by molar-refractivity contribution is -0.119. The first-order valence-electron chi connectivity index (χ1n) is 10.0. The maximum atomic E-state index is 12.5. The summed E-state index contributed by atoms with van der Waals surface area (Å²) in [5.41, 5.74) is 3.37. The molecule has 1 aliphatic heterocycles. The van der Waals surface area contributed by atoms with Crippen LogP contribution in [-0.4, -0.2) is 45.1 Å². The van der Waals surface area contributed by atoms with E-state index < -0.39 is 10.0 Å². The Bertz CT molecular complexity index is 987. The van der Waals surface area contributed by atoms with Crippen molar-refractivity contribution in [2.45, 2.75) is 32.9 Å². The second-order valence-electron chi connectivity index (χ2n) is 7.78. The number of likely N-dealkylation sites (tertiary alicyclic amines) is 1. The molecule has 1 fully saturated rings. The van der Waals surface area contributed by atoms with Crippen LogP contribution in [0.2, 0.25) is 5.02 Å². The number of benzene rings is 2. The van der Waals surface area contributed by atoms with Crippen molar-refractivity contribution in [3.05, 3.63) is 64.2 Å². The number of carbonyl (C=O) groups excluding carboxylic acids is 1. The van der Waals surface area contributed by atoms with Gasteiger partial charge in [-0.2, -0.15) is 0 Å². The van der Waals surface area contributed by atoms with Gasteiger partial charge in [-0.1, -0.05) is 35.9 Å². The standard InChI is InChI=1S/C22H28ClN3O3S/c1-17-13-20(23)9-10-21(17)26(30(2,28)29)16-22(27)24-14-18-5-7-19(8-6-18)15-25-11-3-4-12-25/h5-10,13H,3-4,11-12,14-16H2,1-2H3,(H,24,27). The molecule has 1 aliphatic rings. The molecule has 0 atom stereocenters. The third-order valence-corrected chi connectivity index (χ3v) is 6.59. The Morgan fingerprint density at radius 1 is 1.10 bits per heavy atom. The summed E-state index contributed by atoms with van der Waals surface area (Å²) in [7, 11) is -3.62. The maximum absolute atomic E-state index is 12.5. The van der Waals surface area contributed by atoms with Gasteiger partial charge in [-0.3, -0.25) is 14.0 Å². The minimum atomic E-state index is -3.62. The highest BCUT2D eigenvalue weighted by Gasteiger charge is 2.22. The molecule has 8 heteroatoms. The molecule has 0 aliphatic carbocycles. The normalized spacial score (nSPS) is 14.6. The summed E-state index contributed by atoms with van der Waals surface area (Å²) in [6, 6.07) is 13.1. The summed E-state index contributed by atoms with van der Waals surface area (Å²) in [4.78, 5) is 14.9. The van der Waals surface area contributed by atoms with Crippen LogP contribution < -0.4 is 9.62 Å². The molecule has 2 aromatic rings. The van der Waals surface area contributed by atoms with E-state index in [1.807, 2.05) is 12.1 Å². The van der Waals surface area contributed by atoms with Gasteiger partial charge >= 0.3 is 0 Å². The molecule has 6 nitrogen and oxygen atoms in total. The van der Waals surface area contributed by atoms with Gasteiger partial charge in [0, 0.05) is 18.1 Å². The molecule has 3 rings (SSSR count). The highest BCUT2D eigenvalue weighted by Crippen LogP contribution is 2.25. The van der Waals surface area contributed by atoms with E-state index in [9.17, 15) is 13.2 Å². The van der Waals surface area contributed by atoms with Gasteiger partial charge in [-0.05, 0) is 67.7 Å². The van der Waals surface area contributed by atoms with Crippen LogP contribution in [0, 0.1) is 6.92 Å². The molecule has 2 aromatic carbocycles. The van der Waals surface area contributed by atoms with Crippen LogP contribution in [0.1, 0.15) is 29.5 Å². The lowest BCUT2D eigenvalue weighted by atomic mass is 10.1. The Morgan fingerprint density at radius 3 is 2.33 bits per heavy atom. The number of hydrogen-bond donors (Lipinski definition) is 1. The number of rotatable bonds is 8. The van der Waals surface area contributed by atoms with Gasteiger partial charge in [0.2, 0.25) is 15.9 Å². The zero-order chi connectivity index (χ0) is 21.7. The molecule has 0 aromatic heterocycles. The minimum Gasteiger partial charge on any atom is -0.350 e. The largest absolute Gasteiger partial charge is 0.350 e. The van der Waals surface area contributed by atoms with E-state index in [0.717, 1.165) is 35.8 Å². The molecule has 1 heterocycles. The fourth-order valence-electron chi connectivity index (χ4n) is 3.63. The number of sulfonamides is 1. The number of hydrogen-bond acceptors (Lipinski definition) is 4. The van der Waals surface area contributed by atoms with Crippen molar-refractivity contribution < 1.29 is 13.2 Å². The monoisotopic (exact) mass is 449 g/mol. The first kappa shape index (κ1) is 22.6. The molecular formula is C22H28ClN3O3S. The summed E-state index contributed by atoms with van der Waals surface area (Å²) in [5.74, 6) is -0.365. The minimum absolute atomic E-state index is 0.283. The van der Waals surface area contributed by atoms with Crippen LogP contribution in [-0.2, 0) is 27.9 Å². The van der Waals surface area contributed by atoms with Gasteiger partial charge < -0.3 is 5.32 Å². The van der Waals surface area contributed by atoms with E-state index in [1.165, 1.54) is 18.4 Å². The summed E-state index contributed by atoms with van der Waals surface area (Å²) in [6.07, 6.45) is 3.63. The van der Waals surface area contributed by atoms with Crippen LogP contribution in [0.4, 0.5) is 5.69 Å². The van der Waals surface area contributed by atoms with Gasteiger partial charge in [0.05, 0.1) is 11.9 Å².